The van der Waals surface area contributed by atoms with Crippen molar-refractivity contribution in [1.82, 2.24) is 4.31 Å². The smallest absolute Gasteiger partial charge is 0.0340 e. The van der Waals surface area contributed by atoms with Crippen molar-refractivity contribution in [2.45, 2.75) is 19.9 Å². The number of hydrogen-bond acceptors (Lipinski definition) is 2. The second-order valence-electron chi connectivity index (χ2n) is 3.03. The van der Waals surface area contributed by atoms with Crippen LogP contribution < -0.4 is 0 Å². The van der Waals surface area contributed by atoms with Crippen molar-refractivity contribution in [3.05, 3.63) is 35.9 Å². The van der Waals surface area contributed by atoms with E-state index in [4.69, 9.17) is 0 Å². The van der Waals surface area contributed by atoms with Crippen LogP contribution in [0.2, 0.25) is 0 Å². The van der Waals surface area contributed by atoms with Crippen LogP contribution in [-0.2, 0) is 6.54 Å². The summed E-state index contributed by atoms with van der Waals surface area (Å²) in [6.07, 6.45) is 3.35. The second-order valence-corrected chi connectivity index (χ2v) is 3.91. The molecule has 1 aromatic carbocycles. The molecule has 0 amide bonds. The van der Waals surface area contributed by atoms with E-state index >= 15 is 0 Å². The molecule has 0 aliphatic rings. The van der Waals surface area contributed by atoms with Gasteiger partial charge in [0, 0.05) is 13.1 Å². The van der Waals surface area contributed by atoms with Crippen LogP contribution in [0.1, 0.15) is 18.9 Å². The topological polar surface area (TPSA) is 3.24 Å². The molecule has 0 aliphatic heterocycles. The Morgan fingerprint density at radius 2 is 1.92 bits per heavy atom. The third kappa shape index (κ3) is 3.83. The molecule has 0 unspecified atom stereocenters. The van der Waals surface area contributed by atoms with Gasteiger partial charge in [0.05, 0.1) is 0 Å². The highest BCUT2D eigenvalue weighted by Gasteiger charge is 2.01. The molecule has 1 rings (SSSR count). The van der Waals surface area contributed by atoms with E-state index < -0.39 is 0 Å². The molecule has 1 aromatic rings. The van der Waals surface area contributed by atoms with Crippen LogP contribution in [0.15, 0.2) is 30.3 Å². The average Bonchev–Trinajstić information content (AvgIpc) is 2.19. The third-order valence-corrected chi connectivity index (χ3v) is 2.76. The molecule has 0 saturated carbocycles. The predicted molar refractivity (Wildman–Crippen MR) is 60.7 cm³/mol. The SMILES string of the molecule is CCCN(Cc1ccccc1)SC. The summed E-state index contributed by atoms with van der Waals surface area (Å²) >= 11 is 1.82. The summed E-state index contributed by atoms with van der Waals surface area (Å²) in [5, 5.41) is 0. The third-order valence-electron chi connectivity index (χ3n) is 1.93. The van der Waals surface area contributed by atoms with Crippen molar-refractivity contribution < 1.29 is 0 Å². The van der Waals surface area contributed by atoms with Gasteiger partial charge in [0.15, 0.2) is 0 Å². The molecule has 0 N–H and O–H groups in total. The van der Waals surface area contributed by atoms with Gasteiger partial charge >= 0.3 is 0 Å². The fourth-order valence-electron chi connectivity index (χ4n) is 1.27. The zero-order valence-electron chi connectivity index (χ0n) is 8.36. The highest BCUT2D eigenvalue weighted by atomic mass is 32.2. The lowest BCUT2D eigenvalue weighted by Gasteiger charge is -2.17. The molecular formula is C11H17NS. The van der Waals surface area contributed by atoms with Gasteiger partial charge in [-0.25, -0.2) is 4.31 Å². The zero-order valence-corrected chi connectivity index (χ0v) is 9.18. The van der Waals surface area contributed by atoms with Crippen LogP contribution in [0.4, 0.5) is 0 Å². The van der Waals surface area contributed by atoms with Gasteiger partial charge in [-0.2, -0.15) is 0 Å². The first-order chi connectivity index (χ1) is 6.36. The summed E-state index contributed by atoms with van der Waals surface area (Å²) in [6, 6.07) is 10.6. The Labute approximate surface area is 85.3 Å². The largest absolute Gasteiger partial charge is 0.246 e. The quantitative estimate of drug-likeness (QED) is 0.664. The normalized spacial score (nSPS) is 10.7. The molecule has 0 bridgehead atoms. The molecule has 0 aliphatic carbocycles. The van der Waals surface area contributed by atoms with Crippen molar-refractivity contribution in [2.75, 3.05) is 12.8 Å². The van der Waals surface area contributed by atoms with Gasteiger partial charge < -0.3 is 0 Å². The summed E-state index contributed by atoms with van der Waals surface area (Å²) in [5.41, 5.74) is 1.39. The Hall–Kier alpha value is -0.470. The minimum absolute atomic E-state index is 1.05. The zero-order chi connectivity index (χ0) is 9.52. The predicted octanol–water partition coefficient (Wildman–Crippen LogP) is 3.18. The maximum absolute atomic E-state index is 2.38. The molecule has 0 radical (unpaired) electrons. The Bertz CT molecular complexity index is 223. The number of hydrogen-bond donors (Lipinski definition) is 0. The van der Waals surface area contributed by atoms with Gasteiger partial charge in [0.1, 0.15) is 0 Å². The maximum Gasteiger partial charge on any atom is 0.0340 e. The highest BCUT2D eigenvalue weighted by Crippen LogP contribution is 2.12. The summed E-state index contributed by atoms with van der Waals surface area (Å²) in [7, 11) is 0. The molecule has 0 aromatic heterocycles. The van der Waals surface area contributed by atoms with Crippen molar-refractivity contribution in [3.8, 4) is 0 Å². The van der Waals surface area contributed by atoms with Gasteiger partial charge in [-0.15, -0.1) is 0 Å². The van der Waals surface area contributed by atoms with E-state index in [1.807, 2.05) is 11.9 Å². The summed E-state index contributed by atoms with van der Waals surface area (Å²) in [4.78, 5) is 0. The van der Waals surface area contributed by atoms with E-state index in [1.54, 1.807) is 0 Å². The van der Waals surface area contributed by atoms with Gasteiger partial charge in [-0.05, 0) is 18.2 Å². The first kappa shape index (κ1) is 10.6. The molecule has 2 heteroatoms. The molecule has 0 heterocycles. The Kier molecular flexibility index (Phi) is 4.94. The maximum atomic E-state index is 2.38. The minimum atomic E-state index is 1.05. The van der Waals surface area contributed by atoms with E-state index in [9.17, 15) is 0 Å². The molecule has 72 valence electrons. The monoisotopic (exact) mass is 195 g/mol. The summed E-state index contributed by atoms with van der Waals surface area (Å²) < 4.78 is 2.38. The molecule has 0 saturated heterocycles. The Balaban J connectivity index is 2.46. The van der Waals surface area contributed by atoms with E-state index in [1.165, 1.54) is 12.0 Å². The standard InChI is InChI=1S/C11H17NS/c1-3-9-12(13-2)10-11-7-5-4-6-8-11/h4-8H,3,9-10H2,1-2H3. The lowest BCUT2D eigenvalue weighted by molar-refractivity contribution is 0.466. The number of rotatable bonds is 5. The van der Waals surface area contributed by atoms with Crippen LogP contribution in [0.25, 0.3) is 0 Å². The summed E-state index contributed by atoms with van der Waals surface area (Å²) in [6.45, 7) is 4.43. The van der Waals surface area contributed by atoms with Crippen LogP contribution in [-0.4, -0.2) is 17.1 Å². The summed E-state index contributed by atoms with van der Waals surface area (Å²) in [5.74, 6) is 0. The first-order valence-electron chi connectivity index (χ1n) is 4.69. The molecule has 0 spiro atoms. The molecule has 13 heavy (non-hydrogen) atoms. The molecular weight excluding hydrogens is 178 g/mol. The van der Waals surface area contributed by atoms with E-state index in [2.05, 4.69) is 47.8 Å². The lowest BCUT2D eigenvalue weighted by Crippen LogP contribution is -2.15. The van der Waals surface area contributed by atoms with E-state index in [-0.39, 0.29) is 0 Å². The average molecular weight is 195 g/mol. The number of nitrogens with zero attached hydrogens (tertiary/aromatic N) is 1. The Morgan fingerprint density at radius 1 is 1.23 bits per heavy atom. The van der Waals surface area contributed by atoms with Crippen LogP contribution in [0.5, 0.6) is 0 Å². The van der Waals surface area contributed by atoms with E-state index in [0.29, 0.717) is 0 Å². The fraction of sp³-hybridized carbons (Fsp3) is 0.455. The van der Waals surface area contributed by atoms with Crippen molar-refractivity contribution >= 4 is 11.9 Å². The molecule has 0 fully saturated rings. The Morgan fingerprint density at radius 3 is 2.46 bits per heavy atom. The van der Waals surface area contributed by atoms with Crippen molar-refractivity contribution in [3.63, 3.8) is 0 Å². The van der Waals surface area contributed by atoms with Crippen molar-refractivity contribution in [2.24, 2.45) is 0 Å². The lowest BCUT2D eigenvalue weighted by atomic mass is 10.2. The van der Waals surface area contributed by atoms with Crippen molar-refractivity contribution in [1.29, 1.82) is 0 Å². The van der Waals surface area contributed by atoms with Gasteiger partial charge in [-0.1, -0.05) is 49.2 Å². The number of benzene rings is 1. The molecule has 0 atom stereocenters. The second kappa shape index (κ2) is 6.06. The minimum Gasteiger partial charge on any atom is -0.246 e. The van der Waals surface area contributed by atoms with Gasteiger partial charge in [-0.3, -0.25) is 0 Å². The van der Waals surface area contributed by atoms with Crippen LogP contribution >= 0.6 is 11.9 Å². The highest BCUT2D eigenvalue weighted by molar-refractivity contribution is 7.96. The van der Waals surface area contributed by atoms with Crippen LogP contribution in [0.3, 0.4) is 0 Å². The fourth-order valence-corrected chi connectivity index (χ4v) is 1.91. The van der Waals surface area contributed by atoms with Crippen LogP contribution in [0, 0.1) is 0 Å². The van der Waals surface area contributed by atoms with Gasteiger partial charge in [0.25, 0.3) is 0 Å². The van der Waals surface area contributed by atoms with E-state index in [0.717, 1.165) is 13.1 Å². The first-order valence-corrected chi connectivity index (χ1v) is 5.88. The molecule has 1 nitrogen and oxygen atoms in total. The van der Waals surface area contributed by atoms with Gasteiger partial charge in [0.2, 0.25) is 0 Å².